The molecule has 1 aromatic rings. The van der Waals surface area contributed by atoms with Gasteiger partial charge in [0.2, 0.25) is 0 Å². The van der Waals surface area contributed by atoms with Crippen molar-refractivity contribution in [3.05, 3.63) is 42.1 Å². The van der Waals surface area contributed by atoms with Gasteiger partial charge in [-0.3, -0.25) is 9.79 Å². The van der Waals surface area contributed by atoms with E-state index in [0.717, 1.165) is 12.4 Å². The molecule has 1 aromatic heterocycles. The molecule has 1 atom stereocenters. The Bertz CT molecular complexity index is 909. The van der Waals surface area contributed by atoms with Crippen LogP contribution in [0.25, 0.3) is 5.57 Å². The Kier molecular flexibility index (Phi) is 7.53. The maximum Gasteiger partial charge on any atom is 0.573 e. The number of ether oxygens (including phenoxy) is 2. The lowest BCUT2D eigenvalue weighted by atomic mass is 9.99. The van der Waals surface area contributed by atoms with Crippen molar-refractivity contribution in [3.8, 4) is 0 Å². The molecule has 9 nitrogen and oxygen atoms in total. The predicted octanol–water partition coefficient (Wildman–Crippen LogP) is 2.15. The second-order valence-corrected chi connectivity index (χ2v) is 5.84. The number of nitrogens with zero attached hydrogens (tertiary/aromatic N) is 3. The summed E-state index contributed by atoms with van der Waals surface area (Å²) in [6.45, 7) is 2.13. The Labute approximate surface area is 170 Å². The molecular formula is C18H21F3N6O3. The average molecular weight is 426 g/mol. The lowest BCUT2D eigenvalue weighted by Gasteiger charge is -2.23. The van der Waals surface area contributed by atoms with Crippen molar-refractivity contribution in [2.45, 2.75) is 25.8 Å². The van der Waals surface area contributed by atoms with Crippen LogP contribution in [0.4, 0.5) is 24.8 Å². The molecule has 12 heteroatoms. The number of hydrogen-bond acceptors (Lipinski definition) is 8. The van der Waals surface area contributed by atoms with Gasteiger partial charge in [-0.05, 0) is 37.8 Å². The van der Waals surface area contributed by atoms with Crippen molar-refractivity contribution in [1.82, 2.24) is 9.97 Å². The van der Waals surface area contributed by atoms with E-state index in [9.17, 15) is 18.0 Å². The first-order valence-corrected chi connectivity index (χ1v) is 8.77. The molecule has 0 saturated carbocycles. The number of carbonyl (C=O) groups excluding carboxylic acids is 1. The topological polar surface area (TPSA) is 138 Å². The van der Waals surface area contributed by atoms with Gasteiger partial charge in [0, 0.05) is 19.2 Å². The summed E-state index contributed by atoms with van der Waals surface area (Å²) in [5.74, 6) is -1.30. The number of nitrogens with one attached hydrogen (secondary N) is 1. The number of halogens is 3. The molecule has 0 aliphatic heterocycles. The summed E-state index contributed by atoms with van der Waals surface area (Å²) in [5, 5.41) is 2.43. The van der Waals surface area contributed by atoms with E-state index in [2.05, 4.69) is 25.0 Å². The number of nitrogen functional groups attached to an aromatic ring is 1. The predicted molar refractivity (Wildman–Crippen MR) is 105 cm³/mol. The second-order valence-electron chi connectivity index (χ2n) is 5.84. The van der Waals surface area contributed by atoms with Gasteiger partial charge in [-0.2, -0.15) is 0 Å². The number of nitrogens with two attached hydrogens (primary N) is 2. The highest BCUT2D eigenvalue weighted by atomic mass is 19.4. The number of anilines is 2. The minimum absolute atomic E-state index is 0.0122. The molecule has 0 fully saturated rings. The van der Waals surface area contributed by atoms with Crippen LogP contribution in [0.1, 0.15) is 19.0 Å². The fourth-order valence-electron chi connectivity index (χ4n) is 2.61. The Morgan fingerprint density at radius 3 is 2.77 bits per heavy atom. The van der Waals surface area contributed by atoms with Gasteiger partial charge in [0.1, 0.15) is 17.2 Å². The fraction of sp³-hybridized carbons (Fsp3) is 0.333. The summed E-state index contributed by atoms with van der Waals surface area (Å²) in [5.41, 5.74) is 11.1. The highest BCUT2D eigenvalue weighted by molar-refractivity contribution is 6.46. The second kappa shape index (κ2) is 9.87. The lowest BCUT2D eigenvalue weighted by molar-refractivity contribution is -0.302. The first-order valence-electron chi connectivity index (χ1n) is 8.77. The molecular weight excluding hydrogens is 405 g/mol. The van der Waals surface area contributed by atoms with Crippen molar-refractivity contribution in [2.24, 2.45) is 10.7 Å². The number of aliphatic imine (C=N–C) groups is 1. The summed E-state index contributed by atoms with van der Waals surface area (Å²) in [6.07, 6.45) is 1.10. The minimum Gasteiger partial charge on any atom is -0.405 e. The molecule has 0 saturated heterocycles. The van der Waals surface area contributed by atoms with E-state index in [0.29, 0.717) is 6.61 Å². The van der Waals surface area contributed by atoms with Gasteiger partial charge in [-0.25, -0.2) is 9.97 Å². The first kappa shape index (κ1) is 22.9. The number of alkyl halides is 3. The van der Waals surface area contributed by atoms with Crippen LogP contribution in [0, 0.1) is 0 Å². The molecule has 1 aliphatic carbocycles. The van der Waals surface area contributed by atoms with Crippen molar-refractivity contribution in [1.29, 1.82) is 0 Å². The SMILES string of the molecule is CCOC1C=C(c2ncc(NC(=O)C(C=CN)=NC)nc2N)C(OC(F)(F)F)=CC1. The molecule has 1 heterocycles. The largest absolute Gasteiger partial charge is 0.573 e. The molecule has 0 radical (unpaired) electrons. The number of aromatic nitrogens is 2. The average Bonchev–Trinajstić information content (AvgIpc) is 2.66. The van der Waals surface area contributed by atoms with E-state index in [1.165, 1.54) is 25.3 Å². The Hall–Kier alpha value is -3.41. The highest BCUT2D eigenvalue weighted by Gasteiger charge is 2.35. The maximum absolute atomic E-state index is 12.8. The molecule has 2 rings (SSSR count). The molecule has 1 amide bonds. The molecule has 30 heavy (non-hydrogen) atoms. The molecule has 162 valence electrons. The van der Waals surface area contributed by atoms with Crippen molar-refractivity contribution < 1.29 is 27.4 Å². The van der Waals surface area contributed by atoms with E-state index in [4.69, 9.17) is 16.2 Å². The third-order valence-electron chi connectivity index (χ3n) is 3.78. The van der Waals surface area contributed by atoms with Crippen LogP contribution < -0.4 is 16.8 Å². The maximum atomic E-state index is 12.8. The molecule has 5 N–H and O–H groups in total. The smallest absolute Gasteiger partial charge is 0.405 e. The summed E-state index contributed by atoms with van der Waals surface area (Å²) in [7, 11) is 1.40. The van der Waals surface area contributed by atoms with E-state index < -0.39 is 24.1 Å². The molecule has 0 bridgehead atoms. The van der Waals surface area contributed by atoms with Crippen LogP contribution in [-0.2, 0) is 14.3 Å². The zero-order valence-corrected chi connectivity index (χ0v) is 16.2. The van der Waals surface area contributed by atoms with E-state index in [1.807, 2.05) is 0 Å². The number of allylic oxidation sites excluding steroid dienone is 1. The monoisotopic (exact) mass is 426 g/mol. The lowest BCUT2D eigenvalue weighted by Crippen LogP contribution is -2.23. The first-order chi connectivity index (χ1) is 14.2. The van der Waals surface area contributed by atoms with Crippen LogP contribution in [0.5, 0.6) is 0 Å². The van der Waals surface area contributed by atoms with E-state index in [1.54, 1.807) is 6.92 Å². The molecule has 1 unspecified atom stereocenters. The minimum atomic E-state index is -4.90. The zero-order chi connectivity index (χ0) is 22.3. The van der Waals surface area contributed by atoms with Gasteiger partial charge in [-0.1, -0.05) is 0 Å². The third kappa shape index (κ3) is 6.04. The van der Waals surface area contributed by atoms with Crippen molar-refractivity contribution >= 4 is 28.8 Å². The summed E-state index contributed by atoms with van der Waals surface area (Å²) >= 11 is 0. The summed E-state index contributed by atoms with van der Waals surface area (Å²) in [6, 6.07) is 0. The standard InChI is InChI=1S/C18H21F3N6O3/c1-3-29-10-4-5-13(30-18(19,20)21)11(8-10)15-16(23)26-14(9-25-15)27-17(28)12(24-2)6-7-22/h5-10H,3-4,22H2,1-2H3,(H3,23,26,27,28). The number of carbonyl (C=O) groups is 1. The zero-order valence-electron chi connectivity index (χ0n) is 16.2. The van der Waals surface area contributed by atoms with E-state index >= 15 is 0 Å². The highest BCUT2D eigenvalue weighted by Crippen LogP contribution is 2.35. The normalized spacial score (nSPS) is 17.5. The summed E-state index contributed by atoms with van der Waals surface area (Å²) in [4.78, 5) is 23.9. The molecule has 0 spiro atoms. The number of hydrogen-bond donors (Lipinski definition) is 3. The van der Waals surface area contributed by atoms with Crippen LogP contribution >= 0.6 is 0 Å². The van der Waals surface area contributed by atoms with Crippen LogP contribution in [0.3, 0.4) is 0 Å². The fourth-order valence-corrected chi connectivity index (χ4v) is 2.61. The van der Waals surface area contributed by atoms with Gasteiger partial charge in [0.05, 0.1) is 12.3 Å². The Morgan fingerprint density at radius 2 is 2.20 bits per heavy atom. The Balaban J connectivity index is 2.33. The third-order valence-corrected chi connectivity index (χ3v) is 3.78. The quantitative estimate of drug-likeness (QED) is 0.568. The molecule has 1 aliphatic rings. The van der Waals surface area contributed by atoms with E-state index in [-0.39, 0.29) is 35.0 Å². The van der Waals surface area contributed by atoms with Gasteiger partial charge >= 0.3 is 6.36 Å². The number of rotatable bonds is 7. The summed E-state index contributed by atoms with van der Waals surface area (Å²) < 4.78 is 47.9. The van der Waals surface area contributed by atoms with Crippen molar-refractivity contribution in [2.75, 3.05) is 24.7 Å². The van der Waals surface area contributed by atoms with Gasteiger partial charge in [0.25, 0.3) is 5.91 Å². The number of amides is 1. The van der Waals surface area contributed by atoms with Crippen LogP contribution in [0.2, 0.25) is 0 Å². The molecule has 0 aromatic carbocycles. The van der Waals surface area contributed by atoms with Crippen molar-refractivity contribution in [3.63, 3.8) is 0 Å². The Morgan fingerprint density at radius 1 is 1.47 bits per heavy atom. The van der Waals surface area contributed by atoms with Gasteiger partial charge in [0.15, 0.2) is 11.6 Å². The van der Waals surface area contributed by atoms with Crippen LogP contribution in [0.15, 0.2) is 41.4 Å². The van der Waals surface area contributed by atoms with Gasteiger partial charge < -0.3 is 26.3 Å². The van der Waals surface area contributed by atoms with Gasteiger partial charge in [-0.15, -0.1) is 13.2 Å². The van der Waals surface area contributed by atoms with Crippen LogP contribution in [-0.4, -0.2) is 47.7 Å².